The Kier molecular flexibility index (Phi) is 3.73. The molecule has 22 heavy (non-hydrogen) atoms. The van der Waals surface area contributed by atoms with Crippen LogP contribution in [0.2, 0.25) is 0 Å². The van der Waals surface area contributed by atoms with E-state index in [9.17, 15) is 9.90 Å². The summed E-state index contributed by atoms with van der Waals surface area (Å²) in [4.78, 5) is 15.8. The van der Waals surface area contributed by atoms with Crippen molar-refractivity contribution in [3.63, 3.8) is 0 Å². The second-order valence-electron chi connectivity index (χ2n) is 5.33. The van der Waals surface area contributed by atoms with E-state index in [1.165, 1.54) is 6.26 Å². The molecule has 0 aliphatic heterocycles. The van der Waals surface area contributed by atoms with Gasteiger partial charge in [-0.15, -0.1) is 0 Å². The van der Waals surface area contributed by atoms with Crippen LogP contribution in [0.1, 0.15) is 33.4 Å². The summed E-state index contributed by atoms with van der Waals surface area (Å²) in [6, 6.07) is 8.51. The van der Waals surface area contributed by atoms with Crippen LogP contribution < -0.4 is 5.32 Å². The van der Waals surface area contributed by atoms with E-state index in [-0.39, 0.29) is 12.5 Å². The molecule has 0 bridgehead atoms. The number of carbonyl (C=O) groups excluding carboxylic acids is 1. The van der Waals surface area contributed by atoms with E-state index in [1.807, 2.05) is 26.0 Å². The Labute approximate surface area is 128 Å². The number of aromatic amines is 1. The number of hydrogen-bond acceptors (Lipinski definition) is 3. The molecule has 3 N–H and O–H groups in total. The number of benzene rings is 1. The molecule has 0 radical (unpaired) electrons. The molecule has 2 aromatic heterocycles. The van der Waals surface area contributed by atoms with Gasteiger partial charge in [0, 0.05) is 11.1 Å². The number of furan rings is 1. The highest BCUT2D eigenvalue weighted by atomic mass is 16.3. The van der Waals surface area contributed by atoms with E-state index < -0.39 is 6.04 Å². The van der Waals surface area contributed by atoms with Crippen molar-refractivity contribution in [1.29, 1.82) is 0 Å². The molecule has 1 aromatic carbocycles. The van der Waals surface area contributed by atoms with Crippen LogP contribution >= 0.6 is 0 Å². The van der Waals surface area contributed by atoms with Crippen molar-refractivity contribution in [1.82, 2.24) is 10.3 Å². The minimum Gasteiger partial charge on any atom is -0.467 e. The quantitative estimate of drug-likeness (QED) is 0.693. The van der Waals surface area contributed by atoms with Crippen molar-refractivity contribution in [2.45, 2.75) is 19.9 Å². The van der Waals surface area contributed by atoms with Crippen LogP contribution in [0.3, 0.4) is 0 Å². The van der Waals surface area contributed by atoms with Crippen LogP contribution in [0, 0.1) is 13.8 Å². The van der Waals surface area contributed by atoms with Gasteiger partial charge in [-0.05, 0) is 37.6 Å². The van der Waals surface area contributed by atoms with Crippen LogP contribution in [0.25, 0.3) is 10.9 Å². The lowest BCUT2D eigenvalue weighted by molar-refractivity contribution is 0.0909. The summed E-state index contributed by atoms with van der Waals surface area (Å²) in [5.41, 5.74) is 3.54. The molecule has 3 rings (SSSR count). The van der Waals surface area contributed by atoms with Crippen LogP contribution in [0.5, 0.6) is 0 Å². The maximum Gasteiger partial charge on any atom is 0.254 e. The third-order valence-corrected chi connectivity index (χ3v) is 3.96. The molecule has 0 aliphatic rings. The van der Waals surface area contributed by atoms with E-state index in [1.54, 1.807) is 18.2 Å². The summed E-state index contributed by atoms with van der Waals surface area (Å²) in [6.45, 7) is 3.78. The summed E-state index contributed by atoms with van der Waals surface area (Å²) >= 11 is 0. The largest absolute Gasteiger partial charge is 0.467 e. The number of aliphatic hydroxyl groups is 1. The van der Waals surface area contributed by atoms with Crippen LogP contribution in [0.15, 0.2) is 41.0 Å². The number of carbonyl (C=O) groups is 1. The van der Waals surface area contributed by atoms with Gasteiger partial charge in [-0.3, -0.25) is 4.79 Å². The third kappa shape index (κ3) is 2.40. The van der Waals surface area contributed by atoms with Crippen molar-refractivity contribution < 1.29 is 14.3 Å². The second kappa shape index (κ2) is 5.69. The standard InChI is InChI=1S/C17H18N2O3/c1-10-11(2)18-16-12(10)5-3-6-13(16)17(21)19-14(9-20)15-7-4-8-22-15/h3-8,14,18,20H,9H2,1-2H3,(H,19,21). The molecule has 5 heteroatoms. The minimum absolute atomic E-state index is 0.224. The molecule has 0 fully saturated rings. The van der Waals surface area contributed by atoms with Gasteiger partial charge in [0.15, 0.2) is 0 Å². The van der Waals surface area contributed by atoms with Crippen LogP contribution in [-0.4, -0.2) is 22.6 Å². The number of para-hydroxylation sites is 1. The van der Waals surface area contributed by atoms with E-state index in [4.69, 9.17) is 4.42 Å². The molecule has 0 aliphatic carbocycles. The Morgan fingerprint density at radius 1 is 1.32 bits per heavy atom. The van der Waals surface area contributed by atoms with Crippen molar-refractivity contribution in [3.05, 3.63) is 59.2 Å². The lowest BCUT2D eigenvalue weighted by atomic mass is 10.1. The summed E-state index contributed by atoms with van der Waals surface area (Å²) in [6.07, 6.45) is 1.52. The summed E-state index contributed by atoms with van der Waals surface area (Å²) in [5, 5.41) is 13.3. The van der Waals surface area contributed by atoms with E-state index in [0.29, 0.717) is 11.3 Å². The molecule has 114 valence electrons. The molecule has 1 atom stereocenters. The maximum atomic E-state index is 12.6. The monoisotopic (exact) mass is 298 g/mol. The summed E-state index contributed by atoms with van der Waals surface area (Å²) in [5.74, 6) is 0.282. The van der Waals surface area contributed by atoms with Gasteiger partial charge in [-0.25, -0.2) is 0 Å². The first-order valence-corrected chi connectivity index (χ1v) is 7.15. The number of fused-ring (bicyclic) bond motifs is 1. The van der Waals surface area contributed by atoms with Gasteiger partial charge >= 0.3 is 0 Å². The molecule has 0 saturated heterocycles. The van der Waals surface area contributed by atoms with Crippen molar-refractivity contribution >= 4 is 16.8 Å². The van der Waals surface area contributed by atoms with Gasteiger partial charge in [0.25, 0.3) is 5.91 Å². The fourth-order valence-electron chi connectivity index (χ4n) is 2.60. The zero-order valence-electron chi connectivity index (χ0n) is 12.5. The molecular weight excluding hydrogens is 280 g/mol. The maximum absolute atomic E-state index is 12.6. The van der Waals surface area contributed by atoms with Crippen molar-refractivity contribution in [2.75, 3.05) is 6.61 Å². The topological polar surface area (TPSA) is 78.3 Å². The van der Waals surface area contributed by atoms with Crippen molar-refractivity contribution in [3.8, 4) is 0 Å². The van der Waals surface area contributed by atoms with Gasteiger partial charge in [0.05, 0.1) is 24.0 Å². The lowest BCUT2D eigenvalue weighted by Crippen LogP contribution is -2.30. The highest BCUT2D eigenvalue weighted by Crippen LogP contribution is 2.24. The van der Waals surface area contributed by atoms with E-state index in [0.717, 1.165) is 22.2 Å². The number of aliphatic hydroxyl groups excluding tert-OH is 1. The number of nitrogens with one attached hydrogen (secondary N) is 2. The Hall–Kier alpha value is -2.53. The van der Waals surface area contributed by atoms with Crippen LogP contribution in [0.4, 0.5) is 0 Å². The zero-order valence-corrected chi connectivity index (χ0v) is 12.5. The fraction of sp³-hybridized carbons (Fsp3) is 0.235. The van der Waals surface area contributed by atoms with Gasteiger partial charge < -0.3 is 19.8 Å². The van der Waals surface area contributed by atoms with Gasteiger partial charge in [0.2, 0.25) is 0 Å². The Morgan fingerprint density at radius 3 is 2.82 bits per heavy atom. The average Bonchev–Trinajstić information content (AvgIpc) is 3.14. The SMILES string of the molecule is Cc1[nH]c2c(C(=O)NC(CO)c3ccco3)cccc2c1C. The minimum atomic E-state index is -0.560. The van der Waals surface area contributed by atoms with E-state index >= 15 is 0 Å². The van der Waals surface area contributed by atoms with Gasteiger partial charge in [0.1, 0.15) is 11.8 Å². The molecule has 1 unspecified atom stereocenters. The predicted octanol–water partition coefficient (Wildman–Crippen LogP) is 2.84. The van der Waals surface area contributed by atoms with Crippen molar-refractivity contribution in [2.24, 2.45) is 0 Å². The van der Waals surface area contributed by atoms with Gasteiger partial charge in [-0.1, -0.05) is 12.1 Å². The number of hydrogen-bond donors (Lipinski definition) is 3. The second-order valence-corrected chi connectivity index (χ2v) is 5.33. The molecular formula is C17H18N2O3. The number of rotatable bonds is 4. The van der Waals surface area contributed by atoms with Crippen LogP contribution in [-0.2, 0) is 0 Å². The molecule has 0 spiro atoms. The number of aryl methyl sites for hydroxylation is 2. The molecule has 5 nitrogen and oxygen atoms in total. The molecule has 3 aromatic rings. The first kappa shape index (κ1) is 14.4. The average molecular weight is 298 g/mol. The van der Waals surface area contributed by atoms with E-state index in [2.05, 4.69) is 10.3 Å². The summed E-state index contributed by atoms with van der Waals surface area (Å²) in [7, 11) is 0. The Bertz CT molecular complexity index is 803. The number of aromatic nitrogens is 1. The normalized spacial score (nSPS) is 12.5. The molecule has 1 amide bonds. The first-order valence-electron chi connectivity index (χ1n) is 7.15. The summed E-state index contributed by atoms with van der Waals surface area (Å²) < 4.78 is 5.25. The third-order valence-electron chi connectivity index (χ3n) is 3.96. The number of H-pyrrole nitrogens is 1. The Morgan fingerprint density at radius 2 is 2.14 bits per heavy atom. The highest BCUT2D eigenvalue weighted by Gasteiger charge is 2.19. The molecule has 0 saturated carbocycles. The molecule has 2 heterocycles. The first-order chi connectivity index (χ1) is 10.6. The lowest BCUT2D eigenvalue weighted by Gasteiger charge is -2.14. The highest BCUT2D eigenvalue weighted by molar-refractivity contribution is 6.06. The predicted molar refractivity (Wildman–Crippen MR) is 83.8 cm³/mol. The Balaban J connectivity index is 1.94. The fourth-order valence-corrected chi connectivity index (χ4v) is 2.60. The number of amides is 1. The van der Waals surface area contributed by atoms with Gasteiger partial charge in [-0.2, -0.15) is 0 Å². The smallest absolute Gasteiger partial charge is 0.254 e. The zero-order chi connectivity index (χ0) is 15.7.